The maximum absolute atomic E-state index is 12.2. The van der Waals surface area contributed by atoms with Crippen LogP contribution >= 0.6 is 0 Å². The van der Waals surface area contributed by atoms with Crippen molar-refractivity contribution in [1.82, 2.24) is 4.72 Å². The lowest BCUT2D eigenvalue weighted by Gasteiger charge is -2.07. The van der Waals surface area contributed by atoms with E-state index in [0.717, 1.165) is 11.1 Å². The van der Waals surface area contributed by atoms with Gasteiger partial charge in [-0.15, -0.1) is 0 Å². The second-order valence-corrected chi connectivity index (χ2v) is 6.11. The fourth-order valence-corrected chi connectivity index (χ4v) is 2.75. The van der Waals surface area contributed by atoms with Crippen LogP contribution in [0.1, 0.15) is 11.1 Å². The molecule has 0 aliphatic carbocycles. The molecule has 2 aromatic rings. The molecule has 21 heavy (non-hydrogen) atoms. The zero-order chi connectivity index (χ0) is 15.1. The number of sulfonamides is 1. The third kappa shape index (κ3) is 4.43. The third-order valence-corrected chi connectivity index (χ3v) is 4.23. The summed E-state index contributed by atoms with van der Waals surface area (Å²) >= 11 is 0. The SMILES string of the molecule is NCC#Cc1ccc(S(=O)(=O)NCc2ccccc2)cc1. The lowest BCUT2D eigenvalue weighted by Crippen LogP contribution is -2.23. The van der Waals surface area contributed by atoms with Crippen LogP contribution in [-0.2, 0) is 16.6 Å². The maximum Gasteiger partial charge on any atom is 0.240 e. The molecular formula is C16H16N2O2S. The van der Waals surface area contributed by atoms with E-state index in [1.54, 1.807) is 12.1 Å². The van der Waals surface area contributed by atoms with Gasteiger partial charge in [-0.2, -0.15) is 0 Å². The van der Waals surface area contributed by atoms with Crippen molar-refractivity contribution in [3.63, 3.8) is 0 Å². The highest BCUT2D eigenvalue weighted by molar-refractivity contribution is 7.89. The first-order valence-electron chi connectivity index (χ1n) is 6.44. The topological polar surface area (TPSA) is 72.2 Å². The summed E-state index contributed by atoms with van der Waals surface area (Å²) in [6.07, 6.45) is 0. The lowest BCUT2D eigenvalue weighted by atomic mass is 10.2. The molecule has 2 aromatic carbocycles. The number of hydrogen-bond acceptors (Lipinski definition) is 3. The molecule has 2 rings (SSSR count). The van der Waals surface area contributed by atoms with E-state index < -0.39 is 10.0 Å². The average molecular weight is 300 g/mol. The van der Waals surface area contributed by atoms with Crippen LogP contribution in [0.15, 0.2) is 59.5 Å². The van der Waals surface area contributed by atoms with Gasteiger partial charge < -0.3 is 5.73 Å². The van der Waals surface area contributed by atoms with Crippen LogP contribution in [0.5, 0.6) is 0 Å². The summed E-state index contributed by atoms with van der Waals surface area (Å²) in [5.41, 5.74) is 6.94. The van der Waals surface area contributed by atoms with Gasteiger partial charge in [0.25, 0.3) is 0 Å². The van der Waals surface area contributed by atoms with E-state index in [4.69, 9.17) is 5.73 Å². The van der Waals surface area contributed by atoms with Gasteiger partial charge in [0, 0.05) is 12.1 Å². The van der Waals surface area contributed by atoms with Gasteiger partial charge in [0.1, 0.15) is 0 Å². The molecule has 0 spiro atoms. The second-order valence-electron chi connectivity index (χ2n) is 4.34. The smallest absolute Gasteiger partial charge is 0.240 e. The fourth-order valence-electron chi connectivity index (χ4n) is 1.73. The summed E-state index contributed by atoms with van der Waals surface area (Å²) in [6.45, 7) is 0.538. The van der Waals surface area contributed by atoms with Crippen LogP contribution in [0.3, 0.4) is 0 Å². The molecule has 108 valence electrons. The molecule has 0 radical (unpaired) electrons. The molecule has 0 unspecified atom stereocenters. The van der Waals surface area contributed by atoms with Crippen molar-refractivity contribution in [3.8, 4) is 11.8 Å². The van der Waals surface area contributed by atoms with Gasteiger partial charge in [0.2, 0.25) is 10.0 Å². The van der Waals surface area contributed by atoms with Crippen molar-refractivity contribution in [2.45, 2.75) is 11.4 Å². The average Bonchev–Trinajstić information content (AvgIpc) is 2.52. The molecule has 0 atom stereocenters. The molecule has 0 saturated carbocycles. The first kappa shape index (κ1) is 15.3. The van der Waals surface area contributed by atoms with E-state index in [1.807, 2.05) is 30.3 Å². The molecular weight excluding hydrogens is 284 g/mol. The highest BCUT2D eigenvalue weighted by atomic mass is 32.2. The monoisotopic (exact) mass is 300 g/mol. The minimum Gasteiger partial charge on any atom is -0.320 e. The van der Waals surface area contributed by atoms with Crippen LogP contribution in [-0.4, -0.2) is 15.0 Å². The van der Waals surface area contributed by atoms with Gasteiger partial charge >= 0.3 is 0 Å². The van der Waals surface area contributed by atoms with Crippen molar-refractivity contribution in [2.75, 3.05) is 6.54 Å². The fraction of sp³-hybridized carbons (Fsp3) is 0.125. The van der Waals surface area contributed by atoms with E-state index in [0.29, 0.717) is 0 Å². The predicted molar refractivity (Wildman–Crippen MR) is 82.8 cm³/mol. The second kappa shape index (κ2) is 7.04. The van der Waals surface area contributed by atoms with Crippen LogP contribution in [0.25, 0.3) is 0 Å². The first-order chi connectivity index (χ1) is 10.1. The van der Waals surface area contributed by atoms with Crippen LogP contribution < -0.4 is 10.5 Å². The van der Waals surface area contributed by atoms with Crippen LogP contribution in [0.2, 0.25) is 0 Å². The number of rotatable bonds is 4. The van der Waals surface area contributed by atoms with Crippen molar-refractivity contribution < 1.29 is 8.42 Å². The first-order valence-corrected chi connectivity index (χ1v) is 7.93. The van der Waals surface area contributed by atoms with E-state index in [-0.39, 0.29) is 18.0 Å². The Labute approximate surface area is 125 Å². The molecule has 0 amide bonds. The molecule has 0 aromatic heterocycles. The minimum absolute atomic E-state index is 0.219. The van der Waals surface area contributed by atoms with E-state index in [2.05, 4.69) is 16.6 Å². The van der Waals surface area contributed by atoms with Gasteiger partial charge in [0.15, 0.2) is 0 Å². The van der Waals surface area contributed by atoms with Crippen molar-refractivity contribution >= 4 is 10.0 Å². The van der Waals surface area contributed by atoms with E-state index in [9.17, 15) is 8.42 Å². The van der Waals surface area contributed by atoms with Crippen molar-refractivity contribution in [1.29, 1.82) is 0 Å². The van der Waals surface area contributed by atoms with Gasteiger partial charge in [0.05, 0.1) is 11.4 Å². The Balaban J connectivity index is 2.09. The molecule has 3 N–H and O–H groups in total. The van der Waals surface area contributed by atoms with Crippen molar-refractivity contribution in [3.05, 3.63) is 65.7 Å². The molecule has 0 bridgehead atoms. The third-order valence-electron chi connectivity index (χ3n) is 2.81. The molecule has 0 saturated heterocycles. The normalized spacial score (nSPS) is 10.7. The standard InChI is InChI=1S/C16H16N2O2S/c17-12-4-7-14-8-10-16(11-9-14)21(19,20)18-13-15-5-2-1-3-6-15/h1-3,5-6,8-11,18H,12-13,17H2. The Morgan fingerprint density at radius 3 is 2.29 bits per heavy atom. The Hall–Kier alpha value is -2.13. The van der Waals surface area contributed by atoms with E-state index in [1.165, 1.54) is 12.1 Å². The highest BCUT2D eigenvalue weighted by Crippen LogP contribution is 2.11. The predicted octanol–water partition coefficient (Wildman–Crippen LogP) is 1.48. The number of nitrogens with two attached hydrogens (primary N) is 1. The number of nitrogens with one attached hydrogen (secondary N) is 1. The van der Waals surface area contributed by atoms with Gasteiger partial charge in [-0.3, -0.25) is 0 Å². The van der Waals surface area contributed by atoms with Crippen LogP contribution in [0, 0.1) is 11.8 Å². The maximum atomic E-state index is 12.2. The summed E-state index contributed by atoms with van der Waals surface area (Å²) in [5.74, 6) is 5.57. The Bertz CT molecular complexity index is 742. The quantitative estimate of drug-likeness (QED) is 0.840. The van der Waals surface area contributed by atoms with Crippen molar-refractivity contribution in [2.24, 2.45) is 5.73 Å². The zero-order valence-electron chi connectivity index (χ0n) is 11.4. The largest absolute Gasteiger partial charge is 0.320 e. The molecule has 5 heteroatoms. The molecule has 0 heterocycles. The Morgan fingerprint density at radius 2 is 1.67 bits per heavy atom. The molecule has 0 aliphatic heterocycles. The summed E-state index contributed by atoms with van der Waals surface area (Å²) < 4.78 is 26.9. The summed E-state index contributed by atoms with van der Waals surface area (Å²) in [4.78, 5) is 0.219. The van der Waals surface area contributed by atoms with Gasteiger partial charge in [-0.05, 0) is 29.8 Å². The van der Waals surface area contributed by atoms with Gasteiger partial charge in [-0.25, -0.2) is 13.1 Å². The van der Waals surface area contributed by atoms with Gasteiger partial charge in [-0.1, -0.05) is 42.2 Å². The van der Waals surface area contributed by atoms with Crippen LogP contribution in [0.4, 0.5) is 0 Å². The number of benzene rings is 2. The Morgan fingerprint density at radius 1 is 1.00 bits per heavy atom. The summed E-state index contributed by atoms with van der Waals surface area (Å²) in [6, 6.07) is 15.8. The molecule has 0 aliphatic rings. The summed E-state index contributed by atoms with van der Waals surface area (Å²) in [5, 5.41) is 0. The Kier molecular flexibility index (Phi) is 5.12. The highest BCUT2D eigenvalue weighted by Gasteiger charge is 2.12. The molecule has 0 fully saturated rings. The lowest BCUT2D eigenvalue weighted by molar-refractivity contribution is 0.581. The minimum atomic E-state index is -3.52. The number of hydrogen-bond donors (Lipinski definition) is 2. The van der Waals surface area contributed by atoms with E-state index >= 15 is 0 Å². The summed E-state index contributed by atoms with van der Waals surface area (Å²) in [7, 11) is -3.52. The zero-order valence-corrected chi connectivity index (χ0v) is 12.2. The molecule has 4 nitrogen and oxygen atoms in total.